The van der Waals surface area contributed by atoms with Crippen molar-refractivity contribution in [3.63, 3.8) is 0 Å². The fraction of sp³-hybridized carbons (Fsp3) is 0.364. The Morgan fingerprint density at radius 1 is 1.33 bits per heavy atom. The van der Waals surface area contributed by atoms with Gasteiger partial charge in [-0.05, 0) is 18.2 Å². The van der Waals surface area contributed by atoms with Crippen LogP contribution < -0.4 is 4.74 Å². The average Bonchev–Trinajstić information content (AvgIpc) is 2.71. The molecule has 2 aliphatic rings. The zero-order valence-corrected chi connectivity index (χ0v) is 10.3. The monoisotopic (exact) mass is 322 g/mol. The zero-order chi connectivity index (χ0) is 13.1. The third-order valence-electron chi connectivity index (χ3n) is 3.10. The second-order valence-corrected chi connectivity index (χ2v) is 5.10. The van der Waals surface area contributed by atoms with Gasteiger partial charge in [-0.15, -0.1) is 0 Å². The number of rotatable bonds is 0. The SMILES string of the molecule is O=C1C[C@H]2c3cc(Br)ccc3O[C@@]2(C(F)(F)F)O1. The van der Waals surface area contributed by atoms with E-state index in [1.165, 1.54) is 12.1 Å². The van der Waals surface area contributed by atoms with Crippen LogP contribution in [0.4, 0.5) is 13.2 Å². The Morgan fingerprint density at radius 2 is 2.06 bits per heavy atom. The van der Waals surface area contributed by atoms with Crippen molar-refractivity contribution in [2.24, 2.45) is 0 Å². The smallest absolute Gasteiger partial charge is 0.444 e. The van der Waals surface area contributed by atoms with Crippen LogP contribution >= 0.6 is 15.9 Å². The molecule has 3 rings (SSSR count). The molecular weight excluding hydrogens is 317 g/mol. The summed E-state index contributed by atoms with van der Waals surface area (Å²) in [6, 6.07) is 4.53. The van der Waals surface area contributed by atoms with Gasteiger partial charge in [-0.1, -0.05) is 15.9 Å². The molecule has 2 heterocycles. The summed E-state index contributed by atoms with van der Waals surface area (Å²) in [4.78, 5) is 11.2. The lowest BCUT2D eigenvalue weighted by Crippen LogP contribution is -2.51. The molecule has 1 aromatic carbocycles. The summed E-state index contributed by atoms with van der Waals surface area (Å²) in [5, 5.41) is 0. The van der Waals surface area contributed by atoms with Crippen molar-refractivity contribution in [3.05, 3.63) is 28.2 Å². The maximum Gasteiger partial charge on any atom is 0.468 e. The molecule has 0 saturated carbocycles. The Bertz CT molecular complexity index is 543. The molecule has 1 fully saturated rings. The van der Waals surface area contributed by atoms with Gasteiger partial charge in [0.25, 0.3) is 0 Å². The fourth-order valence-electron chi connectivity index (χ4n) is 2.35. The molecule has 0 spiro atoms. The van der Waals surface area contributed by atoms with E-state index in [2.05, 4.69) is 20.7 Å². The second kappa shape index (κ2) is 3.40. The van der Waals surface area contributed by atoms with Crippen molar-refractivity contribution in [2.75, 3.05) is 0 Å². The number of alkyl halides is 3. The number of esters is 1. The zero-order valence-electron chi connectivity index (χ0n) is 8.75. The van der Waals surface area contributed by atoms with Gasteiger partial charge in [0.2, 0.25) is 0 Å². The highest BCUT2D eigenvalue weighted by molar-refractivity contribution is 9.10. The van der Waals surface area contributed by atoms with E-state index in [4.69, 9.17) is 4.74 Å². The maximum absolute atomic E-state index is 13.1. The number of hydrogen-bond acceptors (Lipinski definition) is 3. The lowest BCUT2D eigenvalue weighted by molar-refractivity contribution is -0.327. The molecule has 0 N–H and O–H groups in total. The molecule has 0 unspecified atom stereocenters. The molecule has 0 bridgehead atoms. The standard InChI is InChI=1S/C11H6BrF3O3/c12-5-1-2-8-6(3-5)7-4-9(16)18-10(7,17-8)11(13,14)15/h1-3,7H,4H2/t7-,10+/m0/s1. The highest BCUT2D eigenvalue weighted by Gasteiger charge is 2.73. The van der Waals surface area contributed by atoms with Gasteiger partial charge < -0.3 is 9.47 Å². The Labute approximate surface area is 108 Å². The molecule has 1 saturated heterocycles. The Morgan fingerprint density at radius 3 is 2.72 bits per heavy atom. The van der Waals surface area contributed by atoms with E-state index in [1.54, 1.807) is 6.07 Å². The highest BCUT2D eigenvalue weighted by Crippen LogP contribution is 2.57. The summed E-state index contributed by atoms with van der Waals surface area (Å²) in [5.41, 5.74) is 0.340. The van der Waals surface area contributed by atoms with Crippen LogP contribution in [0.5, 0.6) is 5.75 Å². The van der Waals surface area contributed by atoms with Gasteiger partial charge in [0.15, 0.2) is 0 Å². The van der Waals surface area contributed by atoms with E-state index < -0.39 is 23.9 Å². The van der Waals surface area contributed by atoms with Gasteiger partial charge in [-0.2, -0.15) is 13.2 Å². The Balaban J connectivity index is 2.16. The molecule has 3 nitrogen and oxygen atoms in total. The number of hydrogen-bond donors (Lipinski definition) is 0. The van der Waals surface area contributed by atoms with E-state index in [1.807, 2.05) is 0 Å². The summed E-state index contributed by atoms with van der Waals surface area (Å²) in [6.07, 6.45) is -5.10. The molecule has 7 heteroatoms. The van der Waals surface area contributed by atoms with Gasteiger partial charge in [0, 0.05) is 10.0 Å². The molecule has 0 amide bonds. The van der Waals surface area contributed by atoms with Crippen LogP contribution in [0, 0.1) is 0 Å². The maximum atomic E-state index is 13.1. The van der Waals surface area contributed by atoms with Crippen molar-refractivity contribution < 1.29 is 27.4 Å². The van der Waals surface area contributed by atoms with Gasteiger partial charge >= 0.3 is 17.9 Å². The average molecular weight is 323 g/mol. The van der Waals surface area contributed by atoms with Gasteiger partial charge in [-0.3, -0.25) is 4.79 Å². The van der Waals surface area contributed by atoms with Crippen molar-refractivity contribution in [1.82, 2.24) is 0 Å². The number of benzene rings is 1. The van der Waals surface area contributed by atoms with Gasteiger partial charge in [0.1, 0.15) is 5.75 Å². The van der Waals surface area contributed by atoms with Crippen molar-refractivity contribution in [2.45, 2.75) is 24.3 Å². The topological polar surface area (TPSA) is 35.5 Å². The summed E-state index contributed by atoms with van der Waals surface area (Å²) in [7, 11) is 0. The fourth-order valence-corrected chi connectivity index (χ4v) is 2.73. The number of fused-ring (bicyclic) bond motifs is 3. The lowest BCUT2D eigenvalue weighted by Gasteiger charge is -2.28. The third kappa shape index (κ3) is 1.39. The molecule has 0 aromatic heterocycles. The number of halogens is 4. The molecule has 2 atom stereocenters. The molecule has 96 valence electrons. The first-order chi connectivity index (χ1) is 8.33. The first-order valence-corrected chi connectivity index (χ1v) is 5.90. The summed E-state index contributed by atoms with van der Waals surface area (Å²) < 4.78 is 49.4. The summed E-state index contributed by atoms with van der Waals surface area (Å²) in [6.45, 7) is 0. The van der Waals surface area contributed by atoms with Crippen LogP contribution in [0.15, 0.2) is 22.7 Å². The van der Waals surface area contributed by atoms with Gasteiger partial charge in [-0.25, -0.2) is 0 Å². The van der Waals surface area contributed by atoms with Crippen molar-refractivity contribution in [3.8, 4) is 5.75 Å². The first kappa shape index (κ1) is 11.8. The number of ether oxygens (including phenoxy) is 2. The third-order valence-corrected chi connectivity index (χ3v) is 3.59. The van der Waals surface area contributed by atoms with Crippen LogP contribution in [0.3, 0.4) is 0 Å². The van der Waals surface area contributed by atoms with Crippen LogP contribution in [0.1, 0.15) is 17.9 Å². The highest BCUT2D eigenvalue weighted by atomic mass is 79.9. The minimum atomic E-state index is -4.77. The first-order valence-electron chi connectivity index (χ1n) is 5.10. The largest absolute Gasteiger partial charge is 0.468 e. The molecule has 0 radical (unpaired) electrons. The molecule has 0 aliphatic carbocycles. The second-order valence-electron chi connectivity index (χ2n) is 4.18. The van der Waals surface area contributed by atoms with Crippen LogP contribution in [-0.2, 0) is 9.53 Å². The number of carbonyl (C=O) groups is 1. The molecular formula is C11H6BrF3O3. The van der Waals surface area contributed by atoms with E-state index >= 15 is 0 Å². The van der Waals surface area contributed by atoms with Gasteiger partial charge in [0.05, 0.1) is 12.3 Å². The summed E-state index contributed by atoms with van der Waals surface area (Å²) in [5.74, 6) is -4.79. The van der Waals surface area contributed by atoms with Crippen LogP contribution in [0.2, 0.25) is 0 Å². The molecule has 2 aliphatic heterocycles. The van der Waals surface area contributed by atoms with E-state index in [0.717, 1.165) is 0 Å². The molecule has 1 aromatic rings. The predicted octanol–water partition coefficient (Wildman–Crippen LogP) is 3.13. The lowest BCUT2D eigenvalue weighted by atomic mass is 9.91. The minimum absolute atomic E-state index is 0.105. The van der Waals surface area contributed by atoms with E-state index in [9.17, 15) is 18.0 Å². The van der Waals surface area contributed by atoms with Crippen molar-refractivity contribution >= 4 is 21.9 Å². The van der Waals surface area contributed by atoms with Crippen LogP contribution in [0.25, 0.3) is 0 Å². The quantitative estimate of drug-likeness (QED) is 0.688. The van der Waals surface area contributed by atoms with E-state index in [0.29, 0.717) is 10.0 Å². The normalized spacial score (nSPS) is 29.6. The van der Waals surface area contributed by atoms with Crippen LogP contribution in [-0.4, -0.2) is 17.9 Å². The van der Waals surface area contributed by atoms with Crippen molar-refractivity contribution in [1.29, 1.82) is 0 Å². The minimum Gasteiger partial charge on any atom is -0.444 e. The Kier molecular flexibility index (Phi) is 2.24. The summed E-state index contributed by atoms with van der Waals surface area (Å²) >= 11 is 3.18. The Hall–Kier alpha value is -1.24. The predicted molar refractivity (Wildman–Crippen MR) is 57.0 cm³/mol. The molecule has 18 heavy (non-hydrogen) atoms. The number of carbonyl (C=O) groups excluding carboxylic acids is 1. The van der Waals surface area contributed by atoms with E-state index in [-0.39, 0.29) is 12.2 Å².